The third kappa shape index (κ3) is 4.75. The van der Waals surface area contributed by atoms with E-state index in [-0.39, 0.29) is 5.56 Å². The number of rotatable bonds is 6. The van der Waals surface area contributed by atoms with Gasteiger partial charge in [0.25, 0.3) is 0 Å². The van der Waals surface area contributed by atoms with Gasteiger partial charge in [0.05, 0.1) is 5.56 Å². The van der Waals surface area contributed by atoms with Crippen LogP contribution in [0.2, 0.25) is 0 Å². The highest BCUT2D eigenvalue weighted by Gasteiger charge is 2.04. The molecule has 2 aromatic rings. The second-order valence-electron chi connectivity index (χ2n) is 4.23. The molecule has 0 atom stereocenters. The van der Waals surface area contributed by atoms with E-state index < -0.39 is 5.97 Å². The summed E-state index contributed by atoms with van der Waals surface area (Å²) in [6, 6.07) is 12.3. The second kappa shape index (κ2) is 7.47. The summed E-state index contributed by atoms with van der Waals surface area (Å²) in [6.45, 7) is 1.04. The summed E-state index contributed by atoms with van der Waals surface area (Å²) in [5.41, 5.74) is 1.19. The highest BCUT2D eigenvalue weighted by Crippen LogP contribution is 2.25. The first-order valence-electron chi connectivity index (χ1n) is 6.21. The lowest BCUT2D eigenvalue weighted by molar-refractivity contribution is 0.0696. The summed E-state index contributed by atoms with van der Waals surface area (Å²) in [4.78, 5) is 10.9. The first-order chi connectivity index (χ1) is 10.1. The van der Waals surface area contributed by atoms with E-state index in [9.17, 15) is 4.79 Å². The van der Waals surface area contributed by atoms with Gasteiger partial charge < -0.3 is 15.2 Å². The molecule has 0 aliphatic heterocycles. The third-order valence-electron chi connectivity index (χ3n) is 2.70. The van der Waals surface area contributed by atoms with Gasteiger partial charge in [0, 0.05) is 21.2 Å². The summed E-state index contributed by atoms with van der Waals surface area (Å²) in [5.74, 6) is -0.413. The van der Waals surface area contributed by atoms with E-state index in [0.717, 1.165) is 14.6 Å². The van der Waals surface area contributed by atoms with Gasteiger partial charge in [-0.05, 0) is 52.3 Å². The number of anilines is 1. The quantitative estimate of drug-likeness (QED) is 0.687. The van der Waals surface area contributed by atoms with Gasteiger partial charge in [0.1, 0.15) is 12.4 Å². The third-order valence-corrected chi connectivity index (χ3v) is 3.85. The molecule has 0 aromatic heterocycles. The molecule has 0 spiro atoms. The van der Waals surface area contributed by atoms with Gasteiger partial charge in [-0.1, -0.05) is 22.0 Å². The summed E-state index contributed by atoms with van der Waals surface area (Å²) in [7, 11) is 0. The zero-order valence-corrected chi connectivity index (χ0v) is 14.1. The molecule has 110 valence electrons. The van der Waals surface area contributed by atoms with Crippen LogP contribution in [0, 0.1) is 0 Å². The second-order valence-corrected chi connectivity index (χ2v) is 6.00. The fraction of sp³-hybridized carbons (Fsp3) is 0.133. The minimum atomic E-state index is -0.961. The Balaban J connectivity index is 1.84. The lowest BCUT2D eigenvalue weighted by Gasteiger charge is -2.10. The van der Waals surface area contributed by atoms with Crippen molar-refractivity contribution in [3.05, 3.63) is 57.0 Å². The SMILES string of the molecule is O=C(O)c1cccc(OCCNc2ccc(Br)cc2Br)c1. The number of hydrogen-bond acceptors (Lipinski definition) is 3. The predicted octanol–water partition coefficient (Wildman–Crippen LogP) is 4.40. The molecule has 4 nitrogen and oxygen atoms in total. The monoisotopic (exact) mass is 413 g/mol. The first kappa shape index (κ1) is 15.9. The number of benzene rings is 2. The molecule has 0 bridgehead atoms. The maximum absolute atomic E-state index is 10.9. The van der Waals surface area contributed by atoms with Crippen LogP contribution in [0.5, 0.6) is 5.75 Å². The molecular formula is C15H13Br2NO3. The highest BCUT2D eigenvalue weighted by atomic mass is 79.9. The highest BCUT2D eigenvalue weighted by molar-refractivity contribution is 9.11. The zero-order chi connectivity index (χ0) is 15.2. The van der Waals surface area contributed by atoms with Crippen molar-refractivity contribution in [2.75, 3.05) is 18.5 Å². The average molecular weight is 415 g/mol. The van der Waals surface area contributed by atoms with Crippen LogP contribution in [0.3, 0.4) is 0 Å². The molecule has 0 fully saturated rings. The Bertz CT molecular complexity index is 647. The van der Waals surface area contributed by atoms with E-state index in [1.807, 2.05) is 18.2 Å². The van der Waals surface area contributed by atoms with Gasteiger partial charge in [-0.2, -0.15) is 0 Å². The van der Waals surface area contributed by atoms with E-state index in [1.165, 1.54) is 12.1 Å². The number of ether oxygens (including phenoxy) is 1. The lowest BCUT2D eigenvalue weighted by Crippen LogP contribution is -2.12. The number of carbonyl (C=O) groups is 1. The smallest absolute Gasteiger partial charge is 0.335 e. The van der Waals surface area contributed by atoms with E-state index in [2.05, 4.69) is 37.2 Å². The molecule has 0 unspecified atom stereocenters. The molecule has 0 aliphatic carbocycles. The van der Waals surface area contributed by atoms with Crippen molar-refractivity contribution in [2.24, 2.45) is 0 Å². The van der Waals surface area contributed by atoms with Crippen LogP contribution in [-0.2, 0) is 0 Å². The Morgan fingerprint density at radius 1 is 1.19 bits per heavy atom. The number of carboxylic acid groups (broad SMARTS) is 1. The normalized spacial score (nSPS) is 10.2. The number of aromatic carboxylic acids is 1. The van der Waals surface area contributed by atoms with Crippen molar-refractivity contribution in [1.82, 2.24) is 0 Å². The van der Waals surface area contributed by atoms with Crippen LogP contribution in [0.4, 0.5) is 5.69 Å². The zero-order valence-electron chi connectivity index (χ0n) is 11.0. The van der Waals surface area contributed by atoms with E-state index in [4.69, 9.17) is 9.84 Å². The van der Waals surface area contributed by atoms with E-state index in [1.54, 1.807) is 12.1 Å². The van der Waals surface area contributed by atoms with Crippen LogP contribution in [-0.4, -0.2) is 24.2 Å². The molecule has 0 heterocycles. The Hall–Kier alpha value is -1.53. The molecule has 0 amide bonds. The minimum Gasteiger partial charge on any atom is -0.492 e. The van der Waals surface area contributed by atoms with Gasteiger partial charge in [-0.15, -0.1) is 0 Å². The molecule has 2 aromatic carbocycles. The maximum Gasteiger partial charge on any atom is 0.335 e. The lowest BCUT2D eigenvalue weighted by atomic mass is 10.2. The summed E-state index contributed by atoms with van der Waals surface area (Å²) in [6.07, 6.45) is 0. The van der Waals surface area contributed by atoms with Gasteiger partial charge in [-0.25, -0.2) is 4.79 Å². The van der Waals surface area contributed by atoms with Crippen molar-refractivity contribution in [1.29, 1.82) is 0 Å². The maximum atomic E-state index is 10.9. The first-order valence-corrected chi connectivity index (χ1v) is 7.80. The Kier molecular flexibility index (Phi) is 5.64. The van der Waals surface area contributed by atoms with E-state index >= 15 is 0 Å². The average Bonchev–Trinajstić information content (AvgIpc) is 2.45. The molecule has 0 aliphatic rings. The molecule has 0 saturated heterocycles. The van der Waals surface area contributed by atoms with Crippen LogP contribution < -0.4 is 10.1 Å². The van der Waals surface area contributed by atoms with Crippen molar-refractivity contribution < 1.29 is 14.6 Å². The van der Waals surface area contributed by atoms with Crippen LogP contribution >= 0.6 is 31.9 Å². The standard InChI is InChI=1S/C15H13Br2NO3/c16-11-4-5-14(13(17)9-11)18-6-7-21-12-3-1-2-10(8-12)15(19)20/h1-5,8-9,18H,6-7H2,(H,19,20). The predicted molar refractivity (Wildman–Crippen MR) is 89.2 cm³/mol. The Morgan fingerprint density at radius 2 is 2.00 bits per heavy atom. The summed E-state index contributed by atoms with van der Waals surface area (Å²) < 4.78 is 7.50. The molecule has 0 radical (unpaired) electrons. The number of hydrogen-bond donors (Lipinski definition) is 2. The molecule has 21 heavy (non-hydrogen) atoms. The molecule has 6 heteroatoms. The fourth-order valence-corrected chi connectivity index (χ4v) is 2.89. The fourth-order valence-electron chi connectivity index (χ4n) is 1.71. The van der Waals surface area contributed by atoms with Crippen LogP contribution in [0.1, 0.15) is 10.4 Å². The molecule has 0 saturated carbocycles. The summed E-state index contributed by atoms with van der Waals surface area (Å²) >= 11 is 6.87. The van der Waals surface area contributed by atoms with Crippen molar-refractivity contribution in [2.45, 2.75) is 0 Å². The summed E-state index contributed by atoms with van der Waals surface area (Å²) in [5, 5.41) is 12.1. The molecule has 2 N–H and O–H groups in total. The number of carboxylic acids is 1. The van der Waals surface area contributed by atoms with Crippen LogP contribution in [0.15, 0.2) is 51.4 Å². The van der Waals surface area contributed by atoms with Gasteiger partial charge in [0.2, 0.25) is 0 Å². The van der Waals surface area contributed by atoms with Gasteiger partial charge >= 0.3 is 5.97 Å². The Labute approximate surface area is 139 Å². The number of nitrogens with one attached hydrogen (secondary N) is 1. The number of halogens is 2. The van der Waals surface area contributed by atoms with E-state index in [0.29, 0.717) is 18.9 Å². The minimum absolute atomic E-state index is 0.219. The van der Waals surface area contributed by atoms with Gasteiger partial charge in [0.15, 0.2) is 0 Å². The Morgan fingerprint density at radius 3 is 2.71 bits per heavy atom. The van der Waals surface area contributed by atoms with Gasteiger partial charge in [-0.3, -0.25) is 0 Å². The molecular weight excluding hydrogens is 402 g/mol. The van der Waals surface area contributed by atoms with Crippen LogP contribution in [0.25, 0.3) is 0 Å². The topological polar surface area (TPSA) is 58.6 Å². The van der Waals surface area contributed by atoms with Crippen molar-refractivity contribution in [3.8, 4) is 5.75 Å². The largest absolute Gasteiger partial charge is 0.492 e. The van der Waals surface area contributed by atoms with Crippen molar-refractivity contribution >= 4 is 43.5 Å². The van der Waals surface area contributed by atoms with Crippen molar-refractivity contribution in [3.63, 3.8) is 0 Å². The molecule has 2 rings (SSSR count).